The maximum atomic E-state index is 11.9. The monoisotopic (exact) mass is 344 g/mol. The quantitative estimate of drug-likeness (QED) is 0.697. The van der Waals surface area contributed by atoms with Crippen LogP contribution in [0.25, 0.3) is 10.1 Å². The molecule has 0 unspecified atom stereocenters. The van der Waals surface area contributed by atoms with Gasteiger partial charge in [-0.05, 0) is 52.2 Å². The fourth-order valence-electron chi connectivity index (χ4n) is 1.19. The van der Waals surface area contributed by atoms with E-state index in [0.717, 1.165) is 13.0 Å². The number of rotatable bonds is 1. The summed E-state index contributed by atoms with van der Waals surface area (Å²) in [5.41, 5.74) is 0. The predicted octanol–water partition coefficient (Wildman–Crippen LogP) is 4.40. The third kappa shape index (κ3) is 2.75. The van der Waals surface area contributed by atoms with Gasteiger partial charge in [0.25, 0.3) is 0 Å². The van der Waals surface area contributed by atoms with Gasteiger partial charge in [-0.25, -0.2) is 0 Å². The van der Waals surface area contributed by atoms with E-state index < -0.39 is 6.36 Å². The van der Waals surface area contributed by atoms with Crippen LogP contribution in [0.2, 0.25) is 0 Å². The fourth-order valence-corrected chi connectivity index (χ4v) is 3.00. The van der Waals surface area contributed by atoms with E-state index >= 15 is 0 Å². The molecular formula is C9H4F3IOS. The van der Waals surface area contributed by atoms with Crippen molar-refractivity contribution in [1.82, 2.24) is 0 Å². The molecule has 0 saturated carbocycles. The van der Waals surface area contributed by atoms with E-state index in [-0.39, 0.29) is 5.75 Å². The highest BCUT2D eigenvalue weighted by Crippen LogP contribution is 2.31. The lowest BCUT2D eigenvalue weighted by molar-refractivity contribution is -0.274. The summed E-state index contributed by atoms with van der Waals surface area (Å²) in [6.07, 6.45) is -4.63. The SMILES string of the molecule is FC(F)(F)Oc1ccc2sc(I)cc2c1. The van der Waals surface area contributed by atoms with Gasteiger partial charge in [0, 0.05) is 4.70 Å². The molecule has 0 spiro atoms. The smallest absolute Gasteiger partial charge is 0.406 e. The molecule has 0 aliphatic carbocycles. The molecule has 2 rings (SSSR count). The molecule has 0 N–H and O–H groups in total. The van der Waals surface area contributed by atoms with Gasteiger partial charge in [-0.2, -0.15) is 0 Å². The van der Waals surface area contributed by atoms with Crippen LogP contribution in [0.15, 0.2) is 24.3 Å². The molecule has 0 bridgehead atoms. The zero-order chi connectivity index (χ0) is 11.1. The van der Waals surface area contributed by atoms with Gasteiger partial charge in [0.2, 0.25) is 0 Å². The molecule has 1 aromatic heterocycles. The van der Waals surface area contributed by atoms with Crippen molar-refractivity contribution < 1.29 is 17.9 Å². The van der Waals surface area contributed by atoms with E-state index in [1.54, 1.807) is 6.07 Å². The number of alkyl halides is 3. The van der Waals surface area contributed by atoms with E-state index in [1.807, 2.05) is 6.07 Å². The lowest BCUT2D eigenvalue weighted by Gasteiger charge is -2.08. The molecule has 0 radical (unpaired) electrons. The Balaban J connectivity index is 2.38. The molecule has 80 valence electrons. The molecule has 0 amide bonds. The average Bonchev–Trinajstić information content (AvgIpc) is 2.40. The number of hydrogen-bond acceptors (Lipinski definition) is 2. The van der Waals surface area contributed by atoms with Crippen molar-refractivity contribution in [3.8, 4) is 5.75 Å². The zero-order valence-electron chi connectivity index (χ0n) is 7.14. The number of hydrogen-bond donors (Lipinski definition) is 0. The van der Waals surface area contributed by atoms with Gasteiger partial charge in [0.05, 0.1) is 2.88 Å². The third-order valence-electron chi connectivity index (χ3n) is 1.69. The Kier molecular flexibility index (Phi) is 2.80. The van der Waals surface area contributed by atoms with Crippen molar-refractivity contribution in [2.45, 2.75) is 6.36 Å². The number of benzene rings is 1. The Bertz CT molecular complexity index is 492. The summed E-state index contributed by atoms with van der Waals surface area (Å²) in [6.45, 7) is 0. The van der Waals surface area contributed by atoms with Crippen LogP contribution in [-0.2, 0) is 0 Å². The molecule has 2 aromatic rings. The van der Waals surface area contributed by atoms with Crippen LogP contribution in [0.1, 0.15) is 0 Å². The van der Waals surface area contributed by atoms with E-state index in [1.165, 1.54) is 23.5 Å². The molecule has 0 aliphatic heterocycles. The van der Waals surface area contributed by atoms with Gasteiger partial charge >= 0.3 is 6.36 Å². The topological polar surface area (TPSA) is 9.23 Å². The third-order valence-corrected chi connectivity index (χ3v) is 3.57. The van der Waals surface area contributed by atoms with Crippen LogP contribution in [0.3, 0.4) is 0 Å². The lowest BCUT2D eigenvalue weighted by Crippen LogP contribution is -2.16. The minimum Gasteiger partial charge on any atom is -0.406 e. The standard InChI is InChI=1S/C9H4F3IOS/c10-9(11,12)14-6-1-2-7-5(3-6)4-8(13)15-7/h1-4H. The Morgan fingerprint density at radius 3 is 2.60 bits per heavy atom. The largest absolute Gasteiger partial charge is 0.573 e. The number of ether oxygens (including phenoxy) is 1. The van der Waals surface area contributed by atoms with Crippen molar-refractivity contribution >= 4 is 44.0 Å². The first-order valence-corrected chi connectivity index (χ1v) is 5.78. The first-order chi connectivity index (χ1) is 6.94. The Morgan fingerprint density at radius 2 is 1.93 bits per heavy atom. The second kappa shape index (κ2) is 3.82. The molecule has 1 nitrogen and oxygen atoms in total. The van der Waals surface area contributed by atoms with Crippen LogP contribution >= 0.6 is 33.9 Å². The summed E-state index contributed by atoms with van der Waals surface area (Å²) in [6, 6.07) is 6.16. The maximum absolute atomic E-state index is 11.9. The predicted molar refractivity (Wildman–Crippen MR) is 61.2 cm³/mol. The summed E-state index contributed by atoms with van der Waals surface area (Å²) in [4.78, 5) is 0. The number of thiophene rings is 1. The Morgan fingerprint density at radius 1 is 1.20 bits per heavy atom. The van der Waals surface area contributed by atoms with Crippen molar-refractivity contribution in [3.05, 3.63) is 27.1 Å². The summed E-state index contributed by atoms with van der Waals surface area (Å²) < 4.78 is 41.6. The highest BCUT2D eigenvalue weighted by molar-refractivity contribution is 14.1. The summed E-state index contributed by atoms with van der Waals surface area (Å²) in [7, 11) is 0. The summed E-state index contributed by atoms with van der Waals surface area (Å²) >= 11 is 3.66. The molecule has 0 fully saturated rings. The van der Waals surface area contributed by atoms with Gasteiger partial charge in [0.1, 0.15) is 5.75 Å². The van der Waals surface area contributed by atoms with Gasteiger partial charge in [-0.3, -0.25) is 0 Å². The first-order valence-electron chi connectivity index (χ1n) is 3.89. The molecule has 6 heteroatoms. The van der Waals surface area contributed by atoms with E-state index in [0.29, 0.717) is 0 Å². The van der Waals surface area contributed by atoms with Crippen LogP contribution in [0.4, 0.5) is 13.2 Å². The highest BCUT2D eigenvalue weighted by atomic mass is 127. The average molecular weight is 344 g/mol. The fraction of sp³-hybridized carbons (Fsp3) is 0.111. The molecule has 15 heavy (non-hydrogen) atoms. The van der Waals surface area contributed by atoms with Gasteiger partial charge in [0.15, 0.2) is 0 Å². The van der Waals surface area contributed by atoms with Crippen LogP contribution < -0.4 is 4.74 Å². The van der Waals surface area contributed by atoms with Crippen LogP contribution in [0.5, 0.6) is 5.75 Å². The van der Waals surface area contributed by atoms with Gasteiger partial charge in [-0.1, -0.05) is 0 Å². The lowest BCUT2D eigenvalue weighted by atomic mass is 10.2. The zero-order valence-corrected chi connectivity index (χ0v) is 10.1. The molecule has 1 heterocycles. The summed E-state index contributed by atoms with van der Waals surface area (Å²) in [5, 5.41) is 0.770. The van der Waals surface area contributed by atoms with Crippen LogP contribution in [-0.4, -0.2) is 6.36 Å². The first kappa shape index (κ1) is 11.0. The normalized spacial score (nSPS) is 12.0. The van der Waals surface area contributed by atoms with Crippen molar-refractivity contribution in [2.75, 3.05) is 0 Å². The Labute approximate surface area is 101 Å². The summed E-state index contributed by atoms with van der Waals surface area (Å²) in [5.74, 6) is -0.177. The minimum atomic E-state index is -4.63. The van der Waals surface area contributed by atoms with E-state index in [4.69, 9.17) is 0 Å². The maximum Gasteiger partial charge on any atom is 0.573 e. The second-order valence-electron chi connectivity index (χ2n) is 2.80. The van der Waals surface area contributed by atoms with Crippen molar-refractivity contribution in [3.63, 3.8) is 0 Å². The van der Waals surface area contributed by atoms with Gasteiger partial charge in [-0.15, -0.1) is 24.5 Å². The van der Waals surface area contributed by atoms with Crippen molar-refractivity contribution in [1.29, 1.82) is 0 Å². The highest BCUT2D eigenvalue weighted by Gasteiger charge is 2.31. The number of fused-ring (bicyclic) bond motifs is 1. The Hall–Kier alpha value is -0.500. The van der Waals surface area contributed by atoms with E-state index in [2.05, 4.69) is 27.3 Å². The number of halogens is 4. The molecular weight excluding hydrogens is 340 g/mol. The van der Waals surface area contributed by atoms with E-state index in [9.17, 15) is 13.2 Å². The molecule has 1 aromatic carbocycles. The molecule has 0 saturated heterocycles. The van der Waals surface area contributed by atoms with Gasteiger partial charge < -0.3 is 4.74 Å². The second-order valence-corrected chi connectivity index (χ2v) is 5.78. The minimum absolute atomic E-state index is 0.177. The van der Waals surface area contributed by atoms with Crippen LogP contribution in [0, 0.1) is 2.88 Å². The molecule has 0 atom stereocenters. The molecule has 0 aliphatic rings. The van der Waals surface area contributed by atoms with Crippen molar-refractivity contribution in [2.24, 2.45) is 0 Å².